The van der Waals surface area contributed by atoms with Crippen LogP contribution in [-0.4, -0.2) is 40.7 Å². The van der Waals surface area contributed by atoms with Crippen LogP contribution in [0, 0.1) is 5.92 Å². The summed E-state index contributed by atoms with van der Waals surface area (Å²) in [5, 5.41) is 18.4. The molecule has 86 valence electrons. The lowest BCUT2D eigenvalue weighted by Crippen LogP contribution is -2.52. The third kappa shape index (κ3) is 1.81. The van der Waals surface area contributed by atoms with Crippen LogP contribution in [0.3, 0.4) is 0 Å². The number of phenols is 2. The number of hydrogen-bond acceptors (Lipinski definition) is 4. The van der Waals surface area contributed by atoms with Crippen LogP contribution in [0.4, 0.5) is 0 Å². The summed E-state index contributed by atoms with van der Waals surface area (Å²) in [6.07, 6.45) is 0. The number of likely N-dealkylation sites (tertiary alicyclic amines) is 1. The Kier molecular flexibility index (Phi) is 2.70. The Hall–Kier alpha value is -1.75. The van der Waals surface area contributed by atoms with E-state index in [0.29, 0.717) is 31.1 Å². The molecular weight excluding hydrogens is 208 g/mol. The van der Waals surface area contributed by atoms with Crippen molar-refractivity contribution in [3.05, 3.63) is 23.8 Å². The number of aromatic hydroxyl groups is 2. The molecule has 1 aliphatic rings. The second-order valence-electron chi connectivity index (χ2n) is 4.02. The van der Waals surface area contributed by atoms with Gasteiger partial charge in [-0.1, -0.05) is 0 Å². The quantitative estimate of drug-likeness (QED) is 0.621. The van der Waals surface area contributed by atoms with Crippen LogP contribution < -0.4 is 5.73 Å². The maximum atomic E-state index is 11.8. The molecule has 2 rings (SSSR count). The van der Waals surface area contributed by atoms with Gasteiger partial charge < -0.3 is 20.8 Å². The Morgan fingerprint density at radius 1 is 1.38 bits per heavy atom. The predicted molar refractivity (Wildman–Crippen MR) is 58.2 cm³/mol. The van der Waals surface area contributed by atoms with Crippen molar-refractivity contribution in [2.45, 2.75) is 0 Å². The largest absolute Gasteiger partial charge is 0.504 e. The van der Waals surface area contributed by atoms with Gasteiger partial charge in [-0.15, -0.1) is 0 Å². The number of carbonyl (C=O) groups is 1. The van der Waals surface area contributed by atoms with Crippen molar-refractivity contribution in [1.82, 2.24) is 4.90 Å². The van der Waals surface area contributed by atoms with Crippen molar-refractivity contribution in [2.75, 3.05) is 19.6 Å². The fourth-order valence-corrected chi connectivity index (χ4v) is 1.72. The van der Waals surface area contributed by atoms with Crippen LogP contribution in [0.2, 0.25) is 0 Å². The number of nitrogens with two attached hydrogens (primary N) is 1. The molecule has 0 aromatic heterocycles. The molecule has 4 N–H and O–H groups in total. The lowest BCUT2D eigenvalue weighted by molar-refractivity contribution is 0.0515. The lowest BCUT2D eigenvalue weighted by atomic mass is 9.99. The lowest BCUT2D eigenvalue weighted by Gasteiger charge is -2.38. The minimum atomic E-state index is -0.276. The highest BCUT2D eigenvalue weighted by atomic mass is 16.3. The molecule has 0 spiro atoms. The number of carbonyl (C=O) groups excluding carboxylic acids is 1. The van der Waals surface area contributed by atoms with Crippen LogP contribution in [-0.2, 0) is 0 Å². The van der Waals surface area contributed by atoms with E-state index in [0.717, 1.165) is 0 Å². The van der Waals surface area contributed by atoms with Gasteiger partial charge >= 0.3 is 0 Å². The highest BCUT2D eigenvalue weighted by molar-refractivity contribution is 5.95. The number of phenolic OH excluding ortho intramolecular Hbond substituents is 2. The van der Waals surface area contributed by atoms with Gasteiger partial charge in [-0.2, -0.15) is 0 Å². The summed E-state index contributed by atoms with van der Waals surface area (Å²) in [6.45, 7) is 1.92. The van der Waals surface area contributed by atoms with Gasteiger partial charge in [0.05, 0.1) is 0 Å². The Morgan fingerprint density at radius 3 is 2.62 bits per heavy atom. The highest BCUT2D eigenvalue weighted by Crippen LogP contribution is 2.26. The van der Waals surface area contributed by atoms with Crippen molar-refractivity contribution in [3.63, 3.8) is 0 Å². The zero-order valence-corrected chi connectivity index (χ0v) is 8.76. The summed E-state index contributed by atoms with van der Waals surface area (Å²) in [5.74, 6) is -0.253. The maximum absolute atomic E-state index is 11.8. The third-order valence-electron chi connectivity index (χ3n) is 2.80. The Bertz CT molecular complexity index is 414. The predicted octanol–water partition coefficient (Wildman–Crippen LogP) is 0.128. The summed E-state index contributed by atoms with van der Waals surface area (Å²) in [4.78, 5) is 13.5. The van der Waals surface area contributed by atoms with E-state index in [1.54, 1.807) is 4.90 Å². The normalized spacial score (nSPS) is 15.9. The smallest absolute Gasteiger partial charge is 0.254 e. The molecule has 1 aliphatic heterocycles. The van der Waals surface area contributed by atoms with Gasteiger partial charge in [0.2, 0.25) is 0 Å². The minimum absolute atomic E-state index is 0.139. The molecule has 1 heterocycles. The Labute approximate surface area is 93.1 Å². The summed E-state index contributed by atoms with van der Waals surface area (Å²) >= 11 is 0. The first-order valence-corrected chi connectivity index (χ1v) is 5.13. The van der Waals surface area contributed by atoms with Crippen LogP contribution >= 0.6 is 0 Å². The number of hydrogen-bond donors (Lipinski definition) is 3. The average molecular weight is 222 g/mol. The summed E-state index contributed by atoms with van der Waals surface area (Å²) in [6, 6.07) is 4.07. The zero-order valence-electron chi connectivity index (χ0n) is 8.76. The number of nitrogens with zero attached hydrogens (tertiary/aromatic N) is 1. The van der Waals surface area contributed by atoms with Gasteiger partial charge in [0.15, 0.2) is 11.5 Å². The number of rotatable bonds is 2. The van der Waals surface area contributed by atoms with E-state index in [9.17, 15) is 9.90 Å². The Balaban J connectivity index is 2.07. The first-order chi connectivity index (χ1) is 7.61. The molecule has 0 radical (unpaired) electrons. The van der Waals surface area contributed by atoms with Gasteiger partial charge in [-0.25, -0.2) is 0 Å². The first kappa shape index (κ1) is 10.8. The molecule has 0 saturated carbocycles. The van der Waals surface area contributed by atoms with Gasteiger partial charge in [0.25, 0.3) is 5.91 Å². The molecule has 5 heteroatoms. The van der Waals surface area contributed by atoms with Crippen LogP contribution in [0.15, 0.2) is 18.2 Å². The second kappa shape index (κ2) is 4.02. The maximum Gasteiger partial charge on any atom is 0.254 e. The van der Waals surface area contributed by atoms with Crippen molar-refractivity contribution >= 4 is 5.91 Å². The molecule has 0 bridgehead atoms. The molecule has 5 nitrogen and oxygen atoms in total. The highest BCUT2D eigenvalue weighted by Gasteiger charge is 2.30. The molecule has 1 aromatic rings. The van der Waals surface area contributed by atoms with Gasteiger partial charge in [0, 0.05) is 24.6 Å². The van der Waals surface area contributed by atoms with Gasteiger partial charge in [0.1, 0.15) is 0 Å². The molecular formula is C11H14N2O3. The van der Waals surface area contributed by atoms with E-state index in [-0.39, 0.29) is 17.4 Å². The molecule has 1 aromatic carbocycles. The topological polar surface area (TPSA) is 86.8 Å². The van der Waals surface area contributed by atoms with Crippen LogP contribution in [0.25, 0.3) is 0 Å². The van der Waals surface area contributed by atoms with Crippen molar-refractivity contribution in [3.8, 4) is 11.5 Å². The zero-order chi connectivity index (χ0) is 11.7. The van der Waals surface area contributed by atoms with Gasteiger partial charge in [-0.05, 0) is 24.7 Å². The average Bonchev–Trinajstić information content (AvgIpc) is 2.20. The molecule has 1 saturated heterocycles. The van der Waals surface area contributed by atoms with E-state index in [1.807, 2.05) is 0 Å². The van der Waals surface area contributed by atoms with E-state index >= 15 is 0 Å². The van der Waals surface area contributed by atoms with Crippen molar-refractivity contribution in [2.24, 2.45) is 11.7 Å². The number of benzene rings is 1. The summed E-state index contributed by atoms with van der Waals surface area (Å²) in [5.41, 5.74) is 5.85. The monoisotopic (exact) mass is 222 g/mol. The second-order valence-corrected chi connectivity index (χ2v) is 4.02. The molecule has 0 atom stereocenters. The fourth-order valence-electron chi connectivity index (χ4n) is 1.72. The summed E-state index contributed by atoms with van der Waals surface area (Å²) in [7, 11) is 0. The van der Waals surface area contributed by atoms with Crippen molar-refractivity contribution < 1.29 is 15.0 Å². The number of amides is 1. The van der Waals surface area contributed by atoms with E-state index in [1.165, 1.54) is 18.2 Å². The minimum Gasteiger partial charge on any atom is -0.504 e. The van der Waals surface area contributed by atoms with Crippen LogP contribution in [0.5, 0.6) is 11.5 Å². The van der Waals surface area contributed by atoms with Crippen molar-refractivity contribution in [1.29, 1.82) is 0 Å². The van der Waals surface area contributed by atoms with Crippen LogP contribution in [0.1, 0.15) is 10.4 Å². The Morgan fingerprint density at radius 2 is 2.06 bits per heavy atom. The standard InChI is InChI=1S/C11H14N2O3/c12-4-7-5-13(6-7)11(16)8-1-2-9(14)10(15)3-8/h1-3,7,14-15H,4-6,12H2. The first-order valence-electron chi connectivity index (χ1n) is 5.13. The molecule has 16 heavy (non-hydrogen) atoms. The van der Waals surface area contributed by atoms with Gasteiger partial charge in [-0.3, -0.25) is 4.79 Å². The van der Waals surface area contributed by atoms with E-state index in [2.05, 4.69) is 0 Å². The SMILES string of the molecule is NCC1CN(C(=O)c2ccc(O)c(O)c2)C1. The van der Waals surface area contributed by atoms with E-state index < -0.39 is 0 Å². The molecule has 1 fully saturated rings. The molecule has 1 amide bonds. The third-order valence-corrected chi connectivity index (χ3v) is 2.80. The molecule has 0 unspecified atom stereocenters. The summed E-state index contributed by atoms with van der Waals surface area (Å²) < 4.78 is 0. The fraction of sp³-hybridized carbons (Fsp3) is 0.364. The van der Waals surface area contributed by atoms with E-state index in [4.69, 9.17) is 10.8 Å². The molecule has 0 aliphatic carbocycles.